The highest BCUT2D eigenvalue weighted by Gasteiger charge is 2.20. The van der Waals surface area contributed by atoms with E-state index in [9.17, 15) is 9.59 Å². The third-order valence-electron chi connectivity index (χ3n) is 3.45. The second-order valence-corrected chi connectivity index (χ2v) is 5.29. The number of methoxy groups -OCH3 is 1. The molecule has 140 valence electrons. The van der Waals surface area contributed by atoms with Crippen molar-refractivity contribution in [2.45, 2.75) is 13.8 Å². The van der Waals surface area contributed by atoms with Gasteiger partial charge in [0.25, 0.3) is 0 Å². The van der Waals surface area contributed by atoms with Crippen molar-refractivity contribution in [3.63, 3.8) is 0 Å². The third-order valence-corrected chi connectivity index (χ3v) is 3.45. The van der Waals surface area contributed by atoms with E-state index in [1.807, 2.05) is 0 Å². The van der Waals surface area contributed by atoms with Crippen molar-refractivity contribution in [2.24, 2.45) is 0 Å². The Morgan fingerprint density at radius 3 is 2.73 bits per heavy atom. The number of carbonyl (C=O) groups is 2. The third kappa shape index (κ3) is 5.10. The maximum Gasteiger partial charge on any atom is 0.342 e. The molecule has 1 aromatic carbocycles. The molecule has 0 saturated heterocycles. The Bertz CT molecular complexity index is 789. The van der Waals surface area contributed by atoms with Gasteiger partial charge in [-0.3, -0.25) is 0 Å². The first kappa shape index (κ1) is 19.5. The molecule has 0 N–H and O–H groups in total. The summed E-state index contributed by atoms with van der Waals surface area (Å²) in [6.07, 6.45) is 2.87. The van der Waals surface area contributed by atoms with Gasteiger partial charge in [-0.25, -0.2) is 9.59 Å². The number of ether oxygens (including phenoxy) is 4. The van der Waals surface area contributed by atoms with Crippen LogP contribution in [0.15, 0.2) is 34.8 Å². The van der Waals surface area contributed by atoms with E-state index in [4.69, 9.17) is 23.4 Å². The number of carbonyl (C=O) groups excluding carboxylic acids is 2. The van der Waals surface area contributed by atoms with Crippen LogP contribution in [-0.2, 0) is 19.0 Å². The summed E-state index contributed by atoms with van der Waals surface area (Å²) >= 11 is 0. The molecule has 0 amide bonds. The molecule has 0 saturated carbocycles. The summed E-state index contributed by atoms with van der Waals surface area (Å²) in [5, 5.41) is 0.608. The molecule has 0 aliphatic heterocycles. The van der Waals surface area contributed by atoms with Gasteiger partial charge in [0.1, 0.15) is 35.9 Å². The van der Waals surface area contributed by atoms with E-state index >= 15 is 0 Å². The lowest BCUT2D eigenvalue weighted by atomic mass is 10.1. The number of aryl methyl sites for hydroxylation is 1. The Morgan fingerprint density at radius 1 is 1.19 bits per heavy atom. The van der Waals surface area contributed by atoms with Crippen LogP contribution in [0.3, 0.4) is 0 Å². The highest BCUT2D eigenvalue weighted by molar-refractivity contribution is 6.04. The van der Waals surface area contributed by atoms with Crippen LogP contribution in [0.2, 0.25) is 0 Å². The summed E-state index contributed by atoms with van der Waals surface area (Å²) in [5.74, 6) is 0.121. The molecular formula is C19H22O7. The van der Waals surface area contributed by atoms with Crippen molar-refractivity contribution < 1.29 is 33.0 Å². The molecule has 2 rings (SSSR count). The highest BCUT2D eigenvalue weighted by atomic mass is 16.6. The van der Waals surface area contributed by atoms with Crippen LogP contribution in [-0.4, -0.2) is 45.5 Å². The SMILES string of the molecule is CCOC(=O)/C=C/COc1ccc2oc(C)c(C(=O)OCCOC)c2c1. The monoisotopic (exact) mass is 362 g/mol. The zero-order chi connectivity index (χ0) is 18.9. The Labute approximate surface area is 151 Å². The molecule has 7 nitrogen and oxygen atoms in total. The summed E-state index contributed by atoms with van der Waals surface area (Å²) in [6, 6.07) is 5.15. The zero-order valence-corrected chi connectivity index (χ0v) is 15.1. The molecule has 0 radical (unpaired) electrons. The van der Waals surface area contributed by atoms with Gasteiger partial charge in [-0.1, -0.05) is 0 Å². The van der Waals surface area contributed by atoms with Crippen LogP contribution in [0.1, 0.15) is 23.0 Å². The molecule has 26 heavy (non-hydrogen) atoms. The van der Waals surface area contributed by atoms with Gasteiger partial charge in [0.15, 0.2) is 0 Å². The van der Waals surface area contributed by atoms with Gasteiger partial charge in [0.2, 0.25) is 0 Å². The first-order chi connectivity index (χ1) is 12.6. The molecule has 0 unspecified atom stereocenters. The summed E-state index contributed by atoms with van der Waals surface area (Å²) in [7, 11) is 1.53. The quantitative estimate of drug-likeness (QED) is 0.385. The first-order valence-electron chi connectivity index (χ1n) is 8.22. The van der Waals surface area contributed by atoms with E-state index in [-0.39, 0.29) is 13.2 Å². The molecule has 0 aliphatic rings. The first-order valence-corrected chi connectivity index (χ1v) is 8.22. The fourth-order valence-corrected chi connectivity index (χ4v) is 2.31. The number of benzene rings is 1. The van der Waals surface area contributed by atoms with Crippen LogP contribution >= 0.6 is 0 Å². The minimum absolute atomic E-state index is 0.163. The zero-order valence-electron chi connectivity index (χ0n) is 15.1. The standard InChI is InChI=1S/C19H22O7/c1-4-23-17(20)6-5-9-24-14-7-8-16-15(12-14)18(13(2)26-16)19(21)25-11-10-22-3/h5-8,12H,4,9-11H2,1-3H3/b6-5+. The summed E-state index contributed by atoms with van der Waals surface area (Å²) in [6.45, 7) is 4.44. The lowest BCUT2D eigenvalue weighted by Crippen LogP contribution is -2.10. The van der Waals surface area contributed by atoms with Crippen molar-refractivity contribution in [3.8, 4) is 5.75 Å². The van der Waals surface area contributed by atoms with Gasteiger partial charge in [-0.15, -0.1) is 0 Å². The molecule has 0 fully saturated rings. The molecule has 7 heteroatoms. The molecule has 0 atom stereocenters. The fourth-order valence-electron chi connectivity index (χ4n) is 2.31. The van der Waals surface area contributed by atoms with E-state index in [1.54, 1.807) is 38.1 Å². The molecule has 0 bridgehead atoms. The van der Waals surface area contributed by atoms with Gasteiger partial charge in [-0.05, 0) is 38.1 Å². The highest BCUT2D eigenvalue weighted by Crippen LogP contribution is 2.29. The number of hydrogen-bond acceptors (Lipinski definition) is 7. The van der Waals surface area contributed by atoms with Gasteiger partial charge < -0.3 is 23.4 Å². The number of rotatable bonds is 9. The maximum absolute atomic E-state index is 12.3. The van der Waals surface area contributed by atoms with Crippen LogP contribution in [0.5, 0.6) is 5.75 Å². The van der Waals surface area contributed by atoms with Crippen molar-refractivity contribution in [2.75, 3.05) is 33.5 Å². The van der Waals surface area contributed by atoms with Gasteiger partial charge in [0.05, 0.1) is 13.2 Å². The maximum atomic E-state index is 12.3. The Hall–Kier alpha value is -2.80. The minimum Gasteiger partial charge on any atom is -0.490 e. The molecule has 1 aromatic heterocycles. The Balaban J connectivity index is 2.10. The van der Waals surface area contributed by atoms with Crippen LogP contribution in [0.4, 0.5) is 0 Å². The van der Waals surface area contributed by atoms with Crippen LogP contribution < -0.4 is 4.74 Å². The number of hydrogen-bond donors (Lipinski definition) is 0. The van der Waals surface area contributed by atoms with E-state index in [2.05, 4.69) is 0 Å². The predicted molar refractivity (Wildman–Crippen MR) is 94.4 cm³/mol. The van der Waals surface area contributed by atoms with Crippen LogP contribution in [0, 0.1) is 6.92 Å². The number of esters is 2. The number of fused-ring (bicyclic) bond motifs is 1. The van der Waals surface area contributed by atoms with E-state index < -0.39 is 11.9 Å². The normalized spacial score (nSPS) is 11.0. The van der Waals surface area contributed by atoms with Crippen LogP contribution in [0.25, 0.3) is 11.0 Å². The molecule has 0 spiro atoms. The summed E-state index contributed by atoms with van der Waals surface area (Å²) in [4.78, 5) is 23.5. The molecule has 2 aromatic rings. The fraction of sp³-hybridized carbons (Fsp3) is 0.368. The number of furan rings is 1. The lowest BCUT2D eigenvalue weighted by Gasteiger charge is -2.05. The Kier molecular flexibility index (Phi) is 7.23. The second-order valence-electron chi connectivity index (χ2n) is 5.29. The van der Waals surface area contributed by atoms with Crippen molar-refractivity contribution >= 4 is 22.9 Å². The van der Waals surface area contributed by atoms with Gasteiger partial charge in [-0.2, -0.15) is 0 Å². The summed E-state index contributed by atoms with van der Waals surface area (Å²) < 4.78 is 26.0. The lowest BCUT2D eigenvalue weighted by molar-refractivity contribution is -0.137. The largest absolute Gasteiger partial charge is 0.490 e. The topological polar surface area (TPSA) is 84.2 Å². The van der Waals surface area contributed by atoms with Gasteiger partial charge in [0, 0.05) is 18.6 Å². The van der Waals surface area contributed by atoms with E-state index in [1.165, 1.54) is 13.2 Å². The van der Waals surface area contributed by atoms with Crippen molar-refractivity contribution in [1.29, 1.82) is 0 Å². The Morgan fingerprint density at radius 2 is 2.00 bits per heavy atom. The molecule has 1 heterocycles. The molecule has 0 aliphatic carbocycles. The average Bonchev–Trinajstić information content (AvgIpc) is 2.94. The van der Waals surface area contributed by atoms with E-state index in [0.29, 0.717) is 41.3 Å². The average molecular weight is 362 g/mol. The smallest absolute Gasteiger partial charge is 0.342 e. The van der Waals surface area contributed by atoms with Gasteiger partial charge >= 0.3 is 11.9 Å². The minimum atomic E-state index is -0.474. The molecular weight excluding hydrogens is 340 g/mol. The summed E-state index contributed by atoms with van der Waals surface area (Å²) in [5.41, 5.74) is 0.930. The predicted octanol–water partition coefficient (Wildman–Crippen LogP) is 3.04. The van der Waals surface area contributed by atoms with Crippen molar-refractivity contribution in [3.05, 3.63) is 41.7 Å². The van der Waals surface area contributed by atoms with Crippen molar-refractivity contribution in [1.82, 2.24) is 0 Å². The van der Waals surface area contributed by atoms with E-state index in [0.717, 1.165) is 0 Å². The second kappa shape index (κ2) is 9.62.